The molecule has 6 heteroatoms. The van der Waals surface area contributed by atoms with Crippen molar-refractivity contribution < 1.29 is 13.5 Å². The van der Waals surface area contributed by atoms with Crippen LogP contribution in [0.5, 0.6) is 5.75 Å². The first kappa shape index (κ1) is 14.1. The summed E-state index contributed by atoms with van der Waals surface area (Å²) in [4.78, 5) is 0.0945. The van der Waals surface area contributed by atoms with Crippen LogP contribution in [0.15, 0.2) is 23.1 Å². The number of nitrogen functional groups attached to an aromatic ring is 1. The van der Waals surface area contributed by atoms with Crippen molar-refractivity contribution >= 4 is 15.7 Å². The predicted octanol–water partition coefficient (Wildman–Crippen LogP) is 1.83. The van der Waals surface area contributed by atoms with Crippen molar-refractivity contribution in [2.45, 2.75) is 43.5 Å². The summed E-state index contributed by atoms with van der Waals surface area (Å²) in [6.07, 6.45) is 4.06. The molecule has 19 heavy (non-hydrogen) atoms. The van der Waals surface area contributed by atoms with Crippen molar-refractivity contribution in [3.63, 3.8) is 0 Å². The number of rotatable bonds is 6. The minimum absolute atomic E-state index is 0.0347. The van der Waals surface area contributed by atoms with Gasteiger partial charge >= 0.3 is 0 Å². The first-order valence-corrected chi connectivity index (χ1v) is 8.01. The summed E-state index contributed by atoms with van der Waals surface area (Å²) in [6, 6.07) is 3.90. The summed E-state index contributed by atoms with van der Waals surface area (Å²) in [5.74, 6) is 0.557. The lowest BCUT2D eigenvalue weighted by molar-refractivity contribution is 0.477. The molecule has 4 N–H and O–H groups in total. The van der Waals surface area contributed by atoms with Crippen LogP contribution in [0.4, 0.5) is 5.69 Å². The molecule has 0 aliphatic heterocycles. The molecule has 0 saturated heterocycles. The number of anilines is 1. The Morgan fingerprint density at radius 3 is 2.68 bits per heavy atom. The van der Waals surface area contributed by atoms with Gasteiger partial charge in [-0.05, 0) is 37.0 Å². The Morgan fingerprint density at radius 1 is 1.47 bits per heavy atom. The van der Waals surface area contributed by atoms with Gasteiger partial charge in [0, 0.05) is 6.04 Å². The first-order valence-electron chi connectivity index (χ1n) is 6.53. The van der Waals surface area contributed by atoms with Crippen LogP contribution in [0.1, 0.15) is 32.6 Å². The van der Waals surface area contributed by atoms with Crippen molar-refractivity contribution in [2.24, 2.45) is 5.92 Å². The Kier molecular flexibility index (Phi) is 4.01. The van der Waals surface area contributed by atoms with Gasteiger partial charge in [0.1, 0.15) is 5.75 Å². The standard InChI is InChI=1S/C13H20N2O3S/c1-2-10(7-9-3-4-9)15-19(17,18)11-5-6-13(16)12(14)8-11/h5-6,8-10,15-16H,2-4,7,14H2,1H3. The van der Waals surface area contributed by atoms with E-state index in [1.165, 1.54) is 31.0 Å². The van der Waals surface area contributed by atoms with Crippen LogP contribution in [0, 0.1) is 5.92 Å². The molecule has 1 aliphatic rings. The smallest absolute Gasteiger partial charge is 0.240 e. The molecule has 1 atom stereocenters. The van der Waals surface area contributed by atoms with Crippen molar-refractivity contribution in [1.82, 2.24) is 4.72 Å². The molecule has 1 saturated carbocycles. The van der Waals surface area contributed by atoms with E-state index >= 15 is 0 Å². The van der Waals surface area contributed by atoms with Gasteiger partial charge in [0.05, 0.1) is 10.6 Å². The number of nitrogens with two attached hydrogens (primary N) is 1. The van der Waals surface area contributed by atoms with Crippen molar-refractivity contribution in [2.75, 3.05) is 5.73 Å². The molecule has 5 nitrogen and oxygen atoms in total. The number of hydrogen-bond acceptors (Lipinski definition) is 4. The maximum Gasteiger partial charge on any atom is 0.240 e. The number of phenolic OH excluding ortho intramolecular Hbond substituents is 1. The number of phenols is 1. The van der Waals surface area contributed by atoms with Gasteiger partial charge in [-0.3, -0.25) is 0 Å². The Hall–Kier alpha value is -1.27. The largest absolute Gasteiger partial charge is 0.506 e. The Bertz CT molecular complexity index is 553. The van der Waals surface area contributed by atoms with E-state index in [2.05, 4.69) is 4.72 Å². The number of aromatic hydroxyl groups is 1. The van der Waals surface area contributed by atoms with Gasteiger partial charge in [0.25, 0.3) is 0 Å². The number of benzene rings is 1. The quantitative estimate of drug-likeness (QED) is 0.549. The zero-order valence-electron chi connectivity index (χ0n) is 11.0. The van der Waals surface area contributed by atoms with E-state index in [1.807, 2.05) is 6.92 Å². The van der Waals surface area contributed by atoms with Crippen molar-refractivity contribution in [3.05, 3.63) is 18.2 Å². The van der Waals surface area contributed by atoms with Crippen LogP contribution in [0.3, 0.4) is 0 Å². The Labute approximate surface area is 113 Å². The molecule has 1 aromatic rings. The van der Waals surface area contributed by atoms with Gasteiger partial charge in [-0.2, -0.15) is 0 Å². The second kappa shape index (κ2) is 5.38. The molecule has 1 aromatic carbocycles. The molecule has 1 unspecified atom stereocenters. The second-order valence-electron chi connectivity index (χ2n) is 5.13. The Balaban J connectivity index is 2.13. The van der Waals surface area contributed by atoms with Crippen molar-refractivity contribution in [1.29, 1.82) is 0 Å². The summed E-state index contributed by atoms with van der Waals surface area (Å²) < 4.78 is 27.1. The fourth-order valence-electron chi connectivity index (χ4n) is 2.04. The zero-order valence-corrected chi connectivity index (χ0v) is 11.8. The average molecular weight is 284 g/mol. The molecule has 0 heterocycles. The summed E-state index contributed by atoms with van der Waals surface area (Å²) in [6.45, 7) is 1.97. The highest BCUT2D eigenvalue weighted by Crippen LogP contribution is 2.34. The average Bonchev–Trinajstić information content (AvgIpc) is 3.15. The minimum Gasteiger partial charge on any atom is -0.506 e. The highest BCUT2D eigenvalue weighted by molar-refractivity contribution is 7.89. The molecular formula is C13H20N2O3S. The summed E-state index contributed by atoms with van der Waals surface area (Å²) in [5, 5.41) is 9.32. The van der Waals surface area contributed by atoms with Gasteiger partial charge in [-0.15, -0.1) is 0 Å². The third kappa shape index (κ3) is 3.61. The van der Waals surface area contributed by atoms with E-state index in [9.17, 15) is 13.5 Å². The lowest BCUT2D eigenvalue weighted by atomic mass is 10.1. The third-order valence-corrected chi connectivity index (χ3v) is 4.96. The molecule has 1 aliphatic carbocycles. The van der Waals surface area contributed by atoms with E-state index < -0.39 is 10.0 Å². The van der Waals surface area contributed by atoms with Crippen LogP contribution in [-0.4, -0.2) is 19.6 Å². The van der Waals surface area contributed by atoms with Gasteiger partial charge in [-0.25, -0.2) is 13.1 Å². The molecule has 2 rings (SSSR count). The Morgan fingerprint density at radius 2 is 2.16 bits per heavy atom. The van der Waals surface area contributed by atoms with E-state index in [4.69, 9.17) is 5.73 Å². The maximum atomic E-state index is 12.2. The fraction of sp³-hybridized carbons (Fsp3) is 0.538. The molecule has 0 bridgehead atoms. The van der Waals surface area contributed by atoms with Gasteiger partial charge in [0.15, 0.2) is 0 Å². The molecule has 0 radical (unpaired) electrons. The summed E-state index contributed by atoms with van der Waals surface area (Å²) in [7, 11) is -3.57. The normalized spacial score (nSPS) is 17.3. The lowest BCUT2D eigenvalue weighted by Crippen LogP contribution is -2.34. The van der Waals surface area contributed by atoms with Crippen LogP contribution in [-0.2, 0) is 10.0 Å². The monoisotopic (exact) mass is 284 g/mol. The van der Waals surface area contributed by atoms with E-state index in [0.717, 1.165) is 12.8 Å². The van der Waals surface area contributed by atoms with Gasteiger partial charge in [-0.1, -0.05) is 19.8 Å². The number of sulfonamides is 1. The first-order chi connectivity index (χ1) is 8.92. The number of nitrogens with one attached hydrogen (secondary N) is 1. The molecule has 1 fully saturated rings. The minimum atomic E-state index is -3.57. The maximum absolute atomic E-state index is 12.2. The van der Waals surface area contributed by atoms with Crippen LogP contribution in [0.2, 0.25) is 0 Å². The third-order valence-electron chi connectivity index (χ3n) is 3.44. The molecule has 0 spiro atoms. The van der Waals surface area contributed by atoms with Crippen LogP contribution in [0.25, 0.3) is 0 Å². The topological polar surface area (TPSA) is 92.4 Å². The molecule has 0 amide bonds. The second-order valence-corrected chi connectivity index (χ2v) is 6.84. The zero-order chi connectivity index (χ0) is 14.0. The van der Waals surface area contributed by atoms with Gasteiger partial charge in [0.2, 0.25) is 10.0 Å². The molecule has 0 aromatic heterocycles. The van der Waals surface area contributed by atoms with E-state index in [0.29, 0.717) is 5.92 Å². The van der Waals surface area contributed by atoms with Crippen molar-refractivity contribution in [3.8, 4) is 5.75 Å². The SMILES string of the molecule is CCC(CC1CC1)NS(=O)(=O)c1ccc(O)c(N)c1. The van der Waals surface area contributed by atoms with E-state index in [1.54, 1.807) is 0 Å². The summed E-state index contributed by atoms with van der Waals surface area (Å²) >= 11 is 0. The van der Waals surface area contributed by atoms with Gasteiger partial charge < -0.3 is 10.8 Å². The molecular weight excluding hydrogens is 264 g/mol. The number of hydrogen-bond donors (Lipinski definition) is 3. The predicted molar refractivity (Wildman–Crippen MR) is 74.3 cm³/mol. The molecule has 106 valence electrons. The summed E-state index contributed by atoms with van der Waals surface area (Å²) in [5.41, 5.74) is 5.60. The fourth-order valence-corrected chi connectivity index (χ4v) is 3.41. The van der Waals surface area contributed by atoms with Crippen LogP contribution < -0.4 is 10.5 Å². The lowest BCUT2D eigenvalue weighted by Gasteiger charge is -2.17. The highest BCUT2D eigenvalue weighted by atomic mass is 32.2. The van der Waals surface area contributed by atoms with E-state index in [-0.39, 0.29) is 22.4 Å². The highest BCUT2D eigenvalue weighted by Gasteiger charge is 2.27. The van der Waals surface area contributed by atoms with Crippen LogP contribution >= 0.6 is 0 Å².